The molecule has 2 aromatic carbocycles. The van der Waals surface area contributed by atoms with E-state index in [9.17, 15) is 23.5 Å². The fourth-order valence-electron chi connectivity index (χ4n) is 3.57. The minimum atomic E-state index is -1.32. The lowest BCUT2D eigenvalue weighted by Gasteiger charge is -2.22. The van der Waals surface area contributed by atoms with Crippen LogP contribution in [0.25, 0.3) is 10.9 Å². The Kier molecular flexibility index (Phi) is 6.04. The number of benzene rings is 2. The number of esters is 1. The lowest BCUT2D eigenvalue weighted by atomic mass is 9.97. The molecular weight excluding hydrogens is 447 g/mol. The standard InChI is InChI=1S/C23H21ClF3NO4/c1-10(22(31)32-23(3,4)5)17-11(2)28(16-9-15(26)20(29)19(27)18(16)17)21(30)12-6-7-13(24)14(25)8-12/h6-10,29H,1-5H3. The number of ether oxygens (including phenoxy) is 1. The van der Waals surface area contributed by atoms with Crippen molar-refractivity contribution in [2.45, 2.75) is 46.1 Å². The molecule has 170 valence electrons. The van der Waals surface area contributed by atoms with E-state index in [1.54, 1.807) is 20.8 Å². The highest BCUT2D eigenvalue weighted by Crippen LogP contribution is 2.39. The summed E-state index contributed by atoms with van der Waals surface area (Å²) in [4.78, 5) is 25.9. The van der Waals surface area contributed by atoms with E-state index < -0.39 is 46.6 Å². The van der Waals surface area contributed by atoms with Crippen LogP contribution in [0.3, 0.4) is 0 Å². The summed E-state index contributed by atoms with van der Waals surface area (Å²) in [7, 11) is 0. The van der Waals surface area contributed by atoms with Crippen molar-refractivity contribution >= 4 is 34.4 Å². The topological polar surface area (TPSA) is 68.5 Å². The fourth-order valence-corrected chi connectivity index (χ4v) is 3.69. The first-order valence-corrected chi connectivity index (χ1v) is 10.1. The zero-order chi connectivity index (χ0) is 24.1. The maximum Gasteiger partial charge on any atom is 0.313 e. The van der Waals surface area contributed by atoms with E-state index in [2.05, 4.69) is 0 Å². The Hall–Kier alpha value is -3.00. The van der Waals surface area contributed by atoms with Crippen LogP contribution in [0, 0.1) is 24.4 Å². The molecule has 1 N–H and O–H groups in total. The molecular formula is C23H21ClF3NO4. The molecule has 1 atom stereocenters. The molecule has 32 heavy (non-hydrogen) atoms. The highest BCUT2D eigenvalue weighted by Gasteiger charge is 2.32. The van der Waals surface area contributed by atoms with E-state index in [0.29, 0.717) is 0 Å². The Morgan fingerprint density at radius 1 is 1.12 bits per heavy atom. The van der Waals surface area contributed by atoms with Crippen molar-refractivity contribution in [1.82, 2.24) is 4.57 Å². The van der Waals surface area contributed by atoms with E-state index in [1.165, 1.54) is 26.0 Å². The molecule has 0 saturated heterocycles. The molecule has 0 aliphatic carbocycles. The maximum absolute atomic E-state index is 15.0. The molecule has 1 aromatic heterocycles. The van der Waals surface area contributed by atoms with E-state index in [4.69, 9.17) is 16.3 Å². The number of phenolic OH excluding ortho intramolecular Hbond substituents is 1. The molecule has 0 aliphatic rings. The lowest BCUT2D eigenvalue weighted by molar-refractivity contribution is -0.156. The van der Waals surface area contributed by atoms with Crippen LogP contribution in [0.4, 0.5) is 13.2 Å². The summed E-state index contributed by atoms with van der Waals surface area (Å²) in [5.41, 5.74) is -1.02. The number of fused-ring (bicyclic) bond motifs is 1. The van der Waals surface area contributed by atoms with Crippen molar-refractivity contribution < 1.29 is 32.6 Å². The summed E-state index contributed by atoms with van der Waals surface area (Å²) in [5, 5.41) is 9.33. The SMILES string of the molecule is Cc1c(C(C)C(=O)OC(C)(C)C)c2c(F)c(O)c(F)cc2n1C(=O)c1ccc(Cl)c(F)c1. The number of carbonyl (C=O) groups is 2. The molecule has 1 heterocycles. The van der Waals surface area contributed by atoms with Gasteiger partial charge in [0.2, 0.25) is 0 Å². The highest BCUT2D eigenvalue weighted by atomic mass is 35.5. The second-order valence-electron chi connectivity index (χ2n) is 8.44. The number of aromatic nitrogens is 1. The molecule has 0 spiro atoms. The first-order chi connectivity index (χ1) is 14.7. The van der Waals surface area contributed by atoms with Crippen molar-refractivity contribution in [3.05, 3.63) is 63.6 Å². The van der Waals surface area contributed by atoms with Crippen molar-refractivity contribution in [3.63, 3.8) is 0 Å². The van der Waals surface area contributed by atoms with Crippen molar-refractivity contribution in [2.75, 3.05) is 0 Å². The molecule has 0 radical (unpaired) electrons. The predicted octanol–water partition coefficient (Wildman–Crippen LogP) is 5.86. The first kappa shape index (κ1) is 23.7. The third-order valence-corrected chi connectivity index (χ3v) is 5.28. The van der Waals surface area contributed by atoms with Gasteiger partial charge in [0.1, 0.15) is 11.4 Å². The Morgan fingerprint density at radius 2 is 1.75 bits per heavy atom. The zero-order valence-electron chi connectivity index (χ0n) is 18.0. The summed E-state index contributed by atoms with van der Waals surface area (Å²) in [6.07, 6.45) is 0. The van der Waals surface area contributed by atoms with Gasteiger partial charge in [-0.1, -0.05) is 11.6 Å². The van der Waals surface area contributed by atoms with E-state index >= 15 is 4.39 Å². The quantitative estimate of drug-likeness (QED) is 0.490. The van der Waals surface area contributed by atoms with Gasteiger partial charge < -0.3 is 9.84 Å². The second-order valence-corrected chi connectivity index (χ2v) is 8.85. The highest BCUT2D eigenvalue weighted by molar-refractivity contribution is 6.30. The molecule has 0 saturated carbocycles. The van der Waals surface area contributed by atoms with Gasteiger partial charge in [-0.25, -0.2) is 13.2 Å². The van der Waals surface area contributed by atoms with Gasteiger partial charge in [0.25, 0.3) is 5.91 Å². The minimum absolute atomic E-state index is 0.0461. The molecule has 9 heteroatoms. The Labute approximate surface area is 187 Å². The number of hydrogen-bond donors (Lipinski definition) is 1. The molecule has 0 bridgehead atoms. The third-order valence-electron chi connectivity index (χ3n) is 4.97. The van der Waals surface area contributed by atoms with E-state index in [-0.39, 0.29) is 32.7 Å². The molecule has 0 fully saturated rings. The third kappa shape index (κ3) is 4.07. The monoisotopic (exact) mass is 467 g/mol. The fraction of sp³-hybridized carbons (Fsp3) is 0.304. The summed E-state index contributed by atoms with van der Waals surface area (Å²) >= 11 is 5.68. The van der Waals surface area contributed by atoms with Crippen LogP contribution in [0.1, 0.15) is 55.2 Å². The first-order valence-electron chi connectivity index (χ1n) is 9.69. The van der Waals surface area contributed by atoms with Gasteiger partial charge in [-0.15, -0.1) is 0 Å². The van der Waals surface area contributed by atoms with Crippen LogP contribution in [-0.4, -0.2) is 27.2 Å². The van der Waals surface area contributed by atoms with Gasteiger partial charge >= 0.3 is 5.97 Å². The van der Waals surface area contributed by atoms with Gasteiger partial charge in [-0.3, -0.25) is 14.2 Å². The second kappa shape index (κ2) is 8.16. The Balaban J connectivity index is 2.31. The zero-order valence-corrected chi connectivity index (χ0v) is 18.8. The number of rotatable bonds is 3. The van der Waals surface area contributed by atoms with Crippen LogP contribution in [0.15, 0.2) is 24.3 Å². The smallest absolute Gasteiger partial charge is 0.313 e. The van der Waals surface area contributed by atoms with Gasteiger partial charge in [0.05, 0.1) is 16.5 Å². The van der Waals surface area contributed by atoms with E-state index in [1.807, 2.05) is 0 Å². The number of nitrogens with zero attached hydrogens (tertiary/aromatic N) is 1. The Morgan fingerprint density at radius 3 is 2.31 bits per heavy atom. The Bertz CT molecular complexity index is 1260. The predicted molar refractivity (Wildman–Crippen MR) is 114 cm³/mol. The number of halogens is 4. The van der Waals surface area contributed by atoms with Crippen molar-refractivity contribution in [3.8, 4) is 5.75 Å². The average Bonchev–Trinajstić information content (AvgIpc) is 2.97. The maximum atomic E-state index is 15.0. The van der Waals surface area contributed by atoms with Gasteiger partial charge in [-0.05, 0) is 58.4 Å². The summed E-state index contributed by atoms with van der Waals surface area (Å²) in [6.45, 7) is 7.87. The minimum Gasteiger partial charge on any atom is -0.503 e. The summed E-state index contributed by atoms with van der Waals surface area (Å²) in [5.74, 6) is -7.25. The largest absolute Gasteiger partial charge is 0.503 e. The van der Waals surface area contributed by atoms with Gasteiger partial charge in [0, 0.05) is 22.7 Å². The van der Waals surface area contributed by atoms with Crippen LogP contribution in [-0.2, 0) is 9.53 Å². The lowest BCUT2D eigenvalue weighted by Crippen LogP contribution is -2.27. The molecule has 0 aliphatic heterocycles. The van der Waals surface area contributed by atoms with Crippen molar-refractivity contribution in [2.24, 2.45) is 0 Å². The molecule has 0 amide bonds. The summed E-state index contributed by atoms with van der Waals surface area (Å²) < 4.78 is 49.5. The molecule has 3 rings (SSSR count). The van der Waals surface area contributed by atoms with Gasteiger partial charge in [-0.2, -0.15) is 0 Å². The van der Waals surface area contributed by atoms with Gasteiger partial charge in [0.15, 0.2) is 17.4 Å². The average molecular weight is 468 g/mol. The number of phenols is 1. The van der Waals surface area contributed by atoms with Crippen LogP contribution in [0.2, 0.25) is 5.02 Å². The van der Waals surface area contributed by atoms with Crippen LogP contribution in [0.5, 0.6) is 5.75 Å². The molecule has 3 aromatic rings. The molecule has 1 unspecified atom stereocenters. The van der Waals surface area contributed by atoms with Crippen LogP contribution < -0.4 is 0 Å². The number of carbonyl (C=O) groups excluding carboxylic acids is 2. The summed E-state index contributed by atoms with van der Waals surface area (Å²) in [6, 6.07) is 4.14. The van der Waals surface area contributed by atoms with Crippen LogP contribution >= 0.6 is 11.6 Å². The molecule has 5 nitrogen and oxygen atoms in total. The van der Waals surface area contributed by atoms with E-state index in [0.717, 1.165) is 16.7 Å². The normalized spacial score (nSPS) is 12.8. The number of aromatic hydroxyl groups is 1. The van der Waals surface area contributed by atoms with Crippen molar-refractivity contribution in [1.29, 1.82) is 0 Å². The number of hydrogen-bond acceptors (Lipinski definition) is 4.